The van der Waals surface area contributed by atoms with Gasteiger partial charge in [0, 0.05) is 18.8 Å². The number of nitrogens with zero attached hydrogens (tertiary/aromatic N) is 1. The van der Waals surface area contributed by atoms with Crippen LogP contribution < -0.4 is 9.62 Å². The van der Waals surface area contributed by atoms with Crippen LogP contribution in [0.4, 0.5) is 5.69 Å². The Morgan fingerprint density at radius 2 is 1.95 bits per heavy atom. The van der Waals surface area contributed by atoms with Gasteiger partial charge in [-0.2, -0.15) is 0 Å². The Balaban J connectivity index is 2.24. The molecule has 0 aliphatic carbocycles. The molecule has 1 N–H and O–H groups in total. The Labute approximate surface area is 126 Å². The third kappa shape index (κ3) is 3.63. The molecule has 1 unspecified atom stereocenters. The van der Waals surface area contributed by atoms with E-state index in [4.69, 9.17) is 0 Å². The molecule has 0 saturated carbocycles. The minimum Gasteiger partial charge on any atom is -0.362 e. The van der Waals surface area contributed by atoms with Gasteiger partial charge < -0.3 is 4.90 Å². The second-order valence-electron chi connectivity index (χ2n) is 5.31. The SMILES string of the molecule is CCNS(=O)(=O)c1ccc(N2CCCCC2C(C)=O)cc1. The van der Waals surface area contributed by atoms with Crippen molar-refractivity contribution in [3.05, 3.63) is 24.3 Å². The molecule has 0 amide bonds. The number of carbonyl (C=O) groups excluding carboxylic acids is 1. The number of anilines is 1. The van der Waals surface area contributed by atoms with E-state index >= 15 is 0 Å². The summed E-state index contributed by atoms with van der Waals surface area (Å²) in [6, 6.07) is 6.67. The van der Waals surface area contributed by atoms with Crippen molar-refractivity contribution < 1.29 is 13.2 Å². The van der Waals surface area contributed by atoms with E-state index in [0.717, 1.165) is 31.5 Å². The van der Waals surface area contributed by atoms with Crippen LogP contribution in [-0.4, -0.2) is 33.3 Å². The normalized spacial score (nSPS) is 19.5. The Bertz CT molecular complexity index is 596. The standard InChI is InChI=1S/C15H22N2O3S/c1-3-16-21(19,20)14-9-7-13(8-10-14)17-11-5-4-6-15(17)12(2)18/h7-10,15-16H,3-6,11H2,1-2H3. The zero-order chi connectivity index (χ0) is 15.5. The number of carbonyl (C=O) groups is 1. The number of rotatable bonds is 5. The minimum atomic E-state index is -3.42. The second kappa shape index (κ2) is 6.58. The number of piperidine rings is 1. The van der Waals surface area contributed by atoms with Gasteiger partial charge in [0.1, 0.15) is 0 Å². The molecule has 116 valence electrons. The second-order valence-corrected chi connectivity index (χ2v) is 7.08. The molecule has 2 rings (SSSR count). The lowest BCUT2D eigenvalue weighted by Crippen LogP contribution is -2.43. The first-order valence-corrected chi connectivity index (χ1v) is 8.81. The number of ketones is 1. The van der Waals surface area contributed by atoms with Crippen LogP contribution in [0.25, 0.3) is 0 Å². The van der Waals surface area contributed by atoms with Crippen molar-refractivity contribution in [1.29, 1.82) is 0 Å². The quantitative estimate of drug-likeness (QED) is 0.902. The highest BCUT2D eigenvalue weighted by Crippen LogP contribution is 2.26. The maximum Gasteiger partial charge on any atom is 0.240 e. The third-order valence-electron chi connectivity index (χ3n) is 3.79. The molecule has 1 heterocycles. The van der Waals surface area contributed by atoms with Crippen LogP contribution in [0.1, 0.15) is 33.1 Å². The summed E-state index contributed by atoms with van der Waals surface area (Å²) >= 11 is 0. The molecule has 1 aliphatic heterocycles. The molecule has 1 atom stereocenters. The average molecular weight is 310 g/mol. The molecule has 1 aromatic rings. The molecule has 21 heavy (non-hydrogen) atoms. The number of sulfonamides is 1. The van der Waals surface area contributed by atoms with Crippen LogP contribution in [-0.2, 0) is 14.8 Å². The smallest absolute Gasteiger partial charge is 0.240 e. The largest absolute Gasteiger partial charge is 0.362 e. The van der Waals surface area contributed by atoms with Crippen LogP contribution in [0, 0.1) is 0 Å². The summed E-state index contributed by atoms with van der Waals surface area (Å²) in [5, 5.41) is 0. The van der Waals surface area contributed by atoms with Crippen molar-refractivity contribution in [3.8, 4) is 0 Å². The maximum atomic E-state index is 11.9. The van der Waals surface area contributed by atoms with Crippen LogP contribution in [0.5, 0.6) is 0 Å². The number of Topliss-reactive ketones (excluding diaryl/α,β-unsaturated/α-hetero) is 1. The first kappa shape index (κ1) is 16.0. The number of hydrogen-bond acceptors (Lipinski definition) is 4. The molecule has 6 heteroatoms. The van der Waals surface area contributed by atoms with Crippen LogP contribution >= 0.6 is 0 Å². The molecule has 1 fully saturated rings. The van der Waals surface area contributed by atoms with Crippen molar-refractivity contribution in [3.63, 3.8) is 0 Å². The van der Waals surface area contributed by atoms with Crippen molar-refractivity contribution in [1.82, 2.24) is 4.72 Å². The van der Waals surface area contributed by atoms with E-state index in [2.05, 4.69) is 9.62 Å². The van der Waals surface area contributed by atoms with Gasteiger partial charge >= 0.3 is 0 Å². The molecule has 1 aromatic carbocycles. The lowest BCUT2D eigenvalue weighted by Gasteiger charge is -2.36. The summed E-state index contributed by atoms with van der Waals surface area (Å²) in [7, 11) is -3.42. The van der Waals surface area contributed by atoms with Crippen molar-refractivity contribution in [2.24, 2.45) is 0 Å². The van der Waals surface area contributed by atoms with E-state index in [1.807, 2.05) is 0 Å². The summed E-state index contributed by atoms with van der Waals surface area (Å²) in [6.45, 7) is 4.57. The summed E-state index contributed by atoms with van der Waals surface area (Å²) in [5.74, 6) is 0.166. The van der Waals surface area contributed by atoms with Gasteiger partial charge in [-0.25, -0.2) is 13.1 Å². The van der Waals surface area contributed by atoms with Crippen molar-refractivity contribution >= 4 is 21.5 Å². The zero-order valence-electron chi connectivity index (χ0n) is 12.5. The highest BCUT2D eigenvalue weighted by molar-refractivity contribution is 7.89. The highest BCUT2D eigenvalue weighted by atomic mass is 32.2. The molecule has 0 aromatic heterocycles. The molecular weight excluding hydrogens is 288 g/mol. The molecule has 1 aliphatic rings. The first-order chi connectivity index (χ1) is 9.95. The average Bonchev–Trinajstić information content (AvgIpc) is 2.47. The van der Waals surface area contributed by atoms with Crippen LogP contribution in [0.2, 0.25) is 0 Å². The predicted octanol–water partition coefficient (Wildman–Crippen LogP) is 1.93. The lowest BCUT2D eigenvalue weighted by molar-refractivity contribution is -0.118. The van der Waals surface area contributed by atoms with Gasteiger partial charge in [-0.15, -0.1) is 0 Å². The summed E-state index contributed by atoms with van der Waals surface area (Å²) in [5.41, 5.74) is 0.908. The monoisotopic (exact) mass is 310 g/mol. The number of nitrogens with one attached hydrogen (secondary N) is 1. The fraction of sp³-hybridized carbons (Fsp3) is 0.533. The van der Waals surface area contributed by atoms with Crippen LogP contribution in [0.15, 0.2) is 29.2 Å². The first-order valence-electron chi connectivity index (χ1n) is 7.32. The molecule has 1 saturated heterocycles. The van der Waals surface area contributed by atoms with Gasteiger partial charge in [0.2, 0.25) is 10.0 Å². The predicted molar refractivity (Wildman–Crippen MR) is 83.0 cm³/mol. The summed E-state index contributed by atoms with van der Waals surface area (Å²) in [4.78, 5) is 14.1. The highest BCUT2D eigenvalue weighted by Gasteiger charge is 2.26. The van der Waals surface area contributed by atoms with Gasteiger partial charge in [-0.1, -0.05) is 6.92 Å². The van der Waals surface area contributed by atoms with E-state index in [0.29, 0.717) is 6.54 Å². The number of hydrogen-bond donors (Lipinski definition) is 1. The summed E-state index contributed by atoms with van der Waals surface area (Å²) < 4.78 is 26.3. The van der Waals surface area contributed by atoms with E-state index < -0.39 is 10.0 Å². The lowest BCUT2D eigenvalue weighted by atomic mass is 9.98. The molecule has 0 bridgehead atoms. The van der Waals surface area contributed by atoms with Gasteiger partial charge in [0.15, 0.2) is 5.78 Å². The Hall–Kier alpha value is -1.40. The van der Waals surface area contributed by atoms with Crippen LogP contribution in [0.3, 0.4) is 0 Å². The van der Waals surface area contributed by atoms with Gasteiger partial charge in [-0.3, -0.25) is 4.79 Å². The maximum absolute atomic E-state index is 11.9. The van der Waals surface area contributed by atoms with Crippen molar-refractivity contribution in [2.45, 2.75) is 44.0 Å². The fourth-order valence-corrected chi connectivity index (χ4v) is 3.79. The molecule has 0 radical (unpaired) electrons. The van der Waals surface area contributed by atoms with Gasteiger partial charge in [0.25, 0.3) is 0 Å². The Morgan fingerprint density at radius 1 is 1.29 bits per heavy atom. The molecular formula is C15H22N2O3S. The minimum absolute atomic E-state index is 0.0880. The summed E-state index contributed by atoms with van der Waals surface area (Å²) in [6.07, 6.45) is 2.99. The van der Waals surface area contributed by atoms with E-state index in [-0.39, 0.29) is 16.7 Å². The number of benzene rings is 1. The molecule has 5 nitrogen and oxygen atoms in total. The third-order valence-corrected chi connectivity index (χ3v) is 5.35. The van der Waals surface area contributed by atoms with Gasteiger partial charge in [0.05, 0.1) is 10.9 Å². The van der Waals surface area contributed by atoms with Gasteiger partial charge in [-0.05, 0) is 50.5 Å². The van der Waals surface area contributed by atoms with Crippen molar-refractivity contribution in [2.75, 3.05) is 18.0 Å². The van der Waals surface area contributed by atoms with E-state index in [9.17, 15) is 13.2 Å². The fourth-order valence-electron chi connectivity index (χ4n) is 2.75. The topological polar surface area (TPSA) is 66.5 Å². The molecule has 0 spiro atoms. The Kier molecular flexibility index (Phi) is 5.00. The van der Waals surface area contributed by atoms with E-state index in [1.165, 1.54) is 0 Å². The van der Waals surface area contributed by atoms with E-state index in [1.54, 1.807) is 38.1 Å². The Morgan fingerprint density at radius 3 is 2.52 bits per heavy atom. The zero-order valence-corrected chi connectivity index (χ0v) is 13.3.